The van der Waals surface area contributed by atoms with Gasteiger partial charge in [0.2, 0.25) is 0 Å². The third-order valence-electron chi connectivity index (χ3n) is 2.21. The lowest BCUT2D eigenvalue weighted by atomic mass is 10.0. The molecular formula is C7H11N. The zero-order valence-electron chi connectivity index (χ0n) is 4.93. The van der Waals surface area contributed by atoms with Crippen LogP contribution in [-0.4, -0.2) is 13.1 Å². The highest BCUT2D eigenvalue weighted by Crippen LogP contribution is 2.27. The average molecular weight is 109 g/mol. The van der Waals surface area contributed by atoms with E-state index in [-0.39, 0.29) is 0 Å². The molecule has 1 heterocycles. The maximum Gasteiger partial charge on any atom is 0.00175 e. The normalized spacial score (nSPS) is 43.0. The predicted octanol–water partition coefficient (Wildman–Crippen LogP) is 0.782. The van der Waals surface area contributed by atoms with E-state index in [1.807, 2.05) is 0 Å². The second-order valence-electron chi connectivity index (χ2n) is 2.75. The Hall–Kier alpha value is -0.300. The van der Waals surface area contributed by atoms with Crippen LogP contribution in [0.25, 0.3) is 0 Å². The molecule has 2 aliphatic rings. The van der Waals surface area contributed by atoms with Gasteiger partial charge in [0.1, 0.15) is 0 Å². The Morgan fingerprint density at radius 3 is 3.25 bits per heavy atom. The van der Waals surface area contributed by atoms with Gasteiger partial charge in [-0.25, -0.2) is 0 Å². The lowest BCUT2D eigenvalue weighted by Crippen LogP contribution is -2.08. The summed E-state index contributed by atoms with van der Waals surface area (Å²) in [4.78, 5) is 0. The summed E-state index contributed by atoms with van der Waals surface area (Å²) in [5, 5.41) is 3.37. The number of allylic oxidation sites excluding steroid dienone is 1. The molecule has 1 saturated heterocycles. The van der Waals surface area contributed by atoms with Gasteiger partial charge in [-0.3, -0.25) is 0 Å². The van der Waals surface area contributed by atoms with Crippen molar-refractivity contribution in [3.8, 4) is 0 Å². The Labute approximate surface area is 49.8 Å². The van der Waals surface area contributed by atoms with Gasteiger partial charge in [0, 0.05) is 6.54 Å². The van der Waals surface area contributed by atoms with E-state index in [4.69, 9.17) is 0 Å². The van der Waals surface area contributed by atoms with Crippen LogP contribution in [0.1, 0.15) is 6.42 Å². The fourth-order valence-corrected chi connectivity index (χ4v) is 1.66. The van der Waals surface area contributed by atoms with Crippen LogP contribution in [0.3, 0.4) is 0 Å². The van der Waals surface area contributed by atoms with E-state index < -0.39 is 0 Å². The molecule has 1 heteroatoms. The highest BCUT2D eigenvalue weighted by atomic mass is 14.9. The first-order chi connectivity index (χ1) is 3.97. The smallest absolute Gasteiger partial charge is 0.00175 e. The second kappa shape index (κ2) is 1.59. The largest absolute Gasteiger partial charge is 0.316 e. The first-order valence-electron chi connectivity index (χ1n) is 3.34. The summed E-state index contributed by atoms with van der Waals surface area (Å²) in [6.07, 6.45) is 5.98. The molecule has 1 nitrogen and oxygen atoms in total. The van der Waals surface area contributed by atoms with E-state index >= 15 is 0 Å². The van der Waals surface area contributed by atoms with Crippen molar-refractivity contribution in [1.82, 2.24) is 5.32 Å². The maximum absolute atomic E-state index is 3.37. The minimum atomic E-state index is 0.884. The third-order valence-corrected chi connectivity index (χ3v) is 2.21. The molecule has 2 atom stereocenters. The summed E-state index contributed by atoms with van der Waals surface area (Å²) >= 11 is 0. The molecule has 0 aromatic rings. The molecule has 1 N–H and O–H groups in total. The molecule has 1 fully saturated rings. The quantitative estimate of drug-likeness (QED) is 0.453. The fourth-order valence-electron chi connectivity index (χ4n) is 1.66. The third kappa shape index (κ3) is 0.511. The van der Waals surface area contributed by atoms with Gasteiger partial charge in [-0.1, -0.05) is 12.2 Å². The number of hydrogen-bond acceptors (Lipinski definition) is 1. The van der Waals surface area contributed by atoms with Gasteiger partial charge in [0.25, 0.3) is 0 Å². The Morgan fingerprint density at radius 1 is 1.38 bits per heavy atom. The monoisotopic (exact) mass is 109 g/mol. The van der Waals surface area contributed by atoms with Crippen LogP contribution < -0.4 is 5.32 Å². The van der Waals surface area contributed by atoms with Gasteiger partial charge in [0.05, 0.1) is 0 Å². The summed E-state index contributed by atoms with van der Waals surface area (Å²) in [6.45, 7) is 2.47. The van der Waals surface area contributed by atoms with E-state index in [1.54, 1.807) is 0 Å². The summed E-state index contributed by atoms with van der Waals surface area (Å²) in [7, 11) is 0. The highest BCUT2D eigenvalue weighted by molar-refractivity contribution is 5.05. The molecule has 0 aromatic carbocycles. The number of nitrogens with one attached hydrogen (secondary N) is 1. The molecule has 8 heavy (non-hydrogen) atoms. The van der Waals surface area contributed by atoms with Crippen molar-refractivity contribution in [2.75, 3.05) is 13.1 Å². The summed E-state index contributed by atoms with van der Waals surface area (Å²) < 4.78 is 0. The van der Waals surface area contributed by atoms with Crippen molar-refractivity contribution in [2.24, 2.45) is 11.8 Å². The van der Waals surface area contributed by atoms with E-state index in [2.05, 4.69) is 17.5 Å². The molecule has 0 aromatic heterocycles. The van der Waals surface area contributed by atoms with Crippen molar-refractivity contribution < 1.29 is 0 Å². The molecule has 0 spiro atoms. The van der Waals surface area contributed by atoms with Crippen LogP contribution in [-0.2, 0) is 0 Å². The van der Waals surface area contributed by atoms with Crippen LogP contribution in [0.15, 0.2) is 12.2 Å². The minimum absolute atomic E-state index is 0.884. The van der Waals surface area contributed by atoms with Gasteiger partial charge >= 0.3 is 0 Å². The SMILES string of the molecule is C1=CC2CNCC2C1. The summed E-state index contributed by atoms with van der Waals surface area (Å²) in [6, 6.07) is 0. The molecule has 2 rings (SSSR count). The van der Waals surface area contributed by atoms with Crippen molar-refractivity contribution in [1.29, 1.82) is 0 Å². The molecule has 0 saturated carbocycles. The first kappa shape index (κ1) is 4.57. The van der Waals surface area contributed by atoms with Gasteiger partial charge in [-0.2, -0.15) is 0 Å². The first-order valence-corrected chi connectivity index (χ1v) is 3.34. The van der Waals surface area contributed by atoms with Crippen LogP contribution in [0, 0.1) is 11.8 Å². The van der Waals surface area contributed by atoms with Crippen LogP contribution >= 0.6 is 0 Å². The van der Waals surface area contributed by atoms with Gasteiger partial charge in [-0.15, -0.1) is 0 Å². The predicted molar refractivity (Wildman–Crippen MR) is 33.6 cm³/mol. The highest BCUT2D eigenvalue weighted by Gasteiger charge is 2.26. The van der Waals surface area contributed by atoms with Gasteiger partial charge in [0.15, 0.2) is 0 Å². The van der Waals surface area contributed by atoms with Crippen molar-refractivity contribution in [3.63, 3.8) is 0 Å². The average Bonchev–Trinajstić information content (AvgIpc) is 2.15. The molecule has 0 amide bonds. The Balaban J connectivity index is 2.13. The van der Waals surface area contributed by atoms with Crippen molar-refractivity contribution >= 4 is 0 Å². The van der Waals surface area contributed by atoms with Gasteiger partial charge in [-0.05, 0) is 24.8 Å². The lowest BCUT2D eigenvalue weighted by molar-refractivity contribution is 0.534. The Morgan fingerprint density at radius 2 is 2.38 bits per heavy atom. The van der Waals surface area contributed by atoms with E-state index in [0.717, 1.165) is 11.8 Å². The second-order valence-corrected chi connectivity index (χ2v) is 2.75. The van der Waals surface area contributed by atoms with Crippen molar-refractivity contribution in [2.45, 2.75) is 6.42 Å². The van der Waals surface area contributed by atoms with E-state index in [9.17, 15) is 0 Å². The Bertz CT molecular complexity index is 118. The number of rotatable bonds is 0. The fraction of sp³-hybridized carbons (Fsp3) is 0.714. The number of hydrogen-bond donors (Lipinski definition) is 1. The van der Waals surface area contributed by atoms with Gasteiger partial charge < -0.3 is 5.32 Å². The van der Waals surface area contributed by atoms with Crippen molar-refractivity contribution in [3.05, 3.63) is 12.2 Å². The topological polar surface area (TPSA) is 12.0 Å². The van der Waals surface area contributed by atoms with Crippen LogP contribution in [0.5, 0.6) is 0 Å². The minimum Gasteiger partial charge on any atom is -0.316 e. The zero-order valence-corrected chi connectivity index (χ0v) is 4.93. The molecule has 0 bridgehead atoms. The maximum atomic E-state index is 3.37. The summed E-state index contributed by atoms with van der Waals surface area (Å²) in [5.74, 6) is 1.84. The van der Waals surface area contributed by atoms with Crippen LogP contribution in [0.4, 0.5) is 0 Å². The standard InChI is InChI=1S/C7H11N/c1-2-6-4-8-5-7(6)3-1/h1-2,6-8H,3-5H2. The molecule has 1 aliphatic carbocycles. The van der Waals surface area contributed by atoms with E-state index in [0.29, 0.717) is 0 Å². The Kier molecular flexibility index (Phi) is 0.908. The molecule has 1 aliphatic heterocycles. The molecular weight excluding hydrogens is 98.1 g/mol. The number of fused-ring (bicyclic) bond motifs is 1. The van der Waals surface area contributed by atoms with E-state index in [1.165, 1.54) is 19.5 Å². The van der Waals surface area contributed by atoms with Crippen LogP contribution in [0.2, 0.25) is 0 Å². The molecule has 0 radical (unpaired) electrons. The lowest BCUT2D eigenvalue weighted by Gasteiger charge is -2.02. The molecule has 2 unspecified atom stereocenters. The zero-order chi connectivity index (χ0) is 5.40. The molecule has 44 valence electrons. The summed E-state index contributed by atoms with van der Waals surface area (Å²) in [5.41, 5.74) is 0.